The van der Waals surface area contributed by atoms with Gasteiger partial charge in [-0.05, 0) is 181 Å². The second-order valence-corrected chi connectivity index (χ2v) is 30.5. The molecule has 22 aromatic rings. The largest absolute Gasteiger partial charge is 0.208 e. The Kier molecular flexibility index (Phi) is 14.9. The molecule has 0 amide bonds. The summed E-state index contributed by atoms with van der Waals surface area (Å²) in [4.78, 5) is 32.1. The van der Waals surface area contributed by atoms with Gasteiger partial charge in [0.05, 0.1) is 0 Å². The lowest BCUT2D eigenvalue weighted by atomic mass is 9.86. The summed E-state index contributed by atoms with van der Waals surface area (Å²) < 4.78 is 4.70. The molecule has 0 spiro atoms. The molecule has 4 heterocycles. The van der Waals surface area contributed by atoms with E-state index in [1.165, 1.54) is 101 Å². The van der Waals surface area contributed by atoms with Crippen molar-refractivity contribution in [3.63, 3.8) is 0 Å². The van der Waals surface area contributed by atoms with Crippen molar-refractivity contribution in [3.05, 3.63) is 364 Å². The first-order chi connectivity index (χ1) is 54.5. The molecular weight excluding hydrogens is 1370 g/mol. The smallest absolute Gasteiger partial charge is 0.164 e. The summed E-state index contributed by atoms with van der Waals surface area (Å²) in [6, 6.07) is 132. The molecule has 0 aliphatic heterocycles. The zero-order valence-electron chi connectivity index (χ0n) is 59.1. The highest BCUT2D eigenvalue weighted by Gasteiger charge is 2.24. The third kappa shape index (κ3) is 10.8. The Hall–Kier alpha value is -14.0. The molecule has 0 bridgehead atoms. The number of hydrogen-bond donors (Lipinski definition) is 0. The molecule has 110 heavy (non-hydrogen) atoms. The van der Waals surface area contributed by atoms with Crippen molar-refractivity contribution < 1.29 is 0 Å². The average Bonchev–Trinajstić information content (AvgIpc) is 1.23. The van der Waals surface area contributed by atoms with Gasteiger partial charge in [-0.3, -0.25) is 0 Å². The molecule has 0 radical (unpaired) electrons. The zero-order valence-corrected chi connectivity index (χ0v) is 60.8. The van der Waals surface area contributed by atoms with Crippen molar-refractivity contribution >= 4 is 128 Å². The van der Waals surface area contributed by atoms with Crippen LogP contribution in [0.15, 0.2) is 364 Å². The number of hydrogen-bond acceptors (Lipinski definition) is 8. The van der Waals surface area contributed by atoms with Crippen LogP contribution in [0.25, 0.3) is 229 Å². The van der Waals surface area contributed by atoms with Gasteiger partial charge in [-0.2, -0.15) is 0 Å². The van der Waals surface area contributed by atoms with E-state index in [-0.39, 0.29) is 0 Å². The second-order valence-electron chi connectivity index (χ2n) is 28.4. The van der Waals surface area contributed by atoms with E-state index >= 15 is 0 Å². The van der Waals surface area contributed by atoms with Crippen LogP contribution in [0.5, 0.6) is 0 Å². The van der Waals surface area contributed by atoms with Crippen LogP contribution in [-0.2, 0) is 0 Å². The van der Waals surface area contributed by atoms with Gasteiger partial charge >= 0.3 is 0 Å². The number of rotatable bonds is 11. The molecule has 0 unspecified atom stereocenters. The van der Waals surface area contributed by atoms with Crippen molar-refractivity contribution in [1.29, 1.82) is 0 Å². The summed E-state index contributed by atoms with van der Waals surface area (Å²) in [7, 11) is 0. The first kappa shape index (κ1) is 63.3. The van der Waals surface area contributed by atoms with Gasteiger partial charge in [-0.15, -0.1) is 22.7 Å². The zero-order chi connectivity index (χ0) is 72.3. The summed E-state index contributed by atoms with van der Waals surface area (Å²) in [6.07, 6.45) is 0. The molecule has 0 aliphatic rings. The lowest BCUT2D eigenvalue weighted by molar-refractivity contribution is 1.07. The summed E-state index contributed by atoms with van der Waals surface area (Å²) in [6.45, 7) is 0. The van der Waals surface area contributed by atoms with Gasteiger partial charge in [0.2, 0.25) is 0 Å². The fourth-order valence-corrected chi connectivity index (χ4v) is 19.0. The lowest BCUT2D eigenvalue weighted by Gasteiger charge is -2.18. The van der Waals surface area contributed by atoms with E-state index in [9.17, 15) is 0 Å². The molecule has 18 aromatic carbocycles. The minimum atomic E-state index is 0.577. The first-order valence-corrected chi connectivity index (χ1v) is 38.7. The van der Waals surface area contributed by atoms with Crippen LogP contribution in [0, 0.1) is 0 Å². The second kappa shape index (κ2) is 25.9. The van der Waals surface area contributed by atoms with E-state index < -0.39 is 0 Å². The number of fused-ring (bicyclic) bond motifs is 18. The van der Waals surface area contributed by atoms with Crippen LogP contribution in [-0.4, -0.2) is 29.9 Å². The first-order valence-electron chi connectivity index (χ1n) is 37.1. The molecule has 0 fully saturated rings. The predicted octanol–water partition coefficient (Wildman–Crippen LogP) is 28.0. The van der Waals surface area contributed by atoms with Crippen LogP contribution in [0.1, 0.15) is 0 Å². The maximum atomic E-state index is 5.58. The molecule has 0 N–H and O–H groups in total. The van der Waals surface area contributed by atoms with E-state index in [2.05, 4.69) is 334 Å². The van der Waals surface area contributed by atoms with Crippen LogP contribution in [0.4, 0.5) is 0 Å². The molecule has 4 aromatic heterocycles. The van der Waals surface area contributed by atoms with Gasteiger partial charge in [0.1, 0.15) is 0 Å². The fourth-order valence-electron chi connectivity index (χ4n) is 16.6. The Balaban J connectivity index is 0.707. The van der Waals surface area contributed by atoms with Crippen molar-refractivity contribution in [2.75, 3.05) is 0 Å². The highest BCUT2D eigenvalue weighted by molar-refractivity contribution is 7.26. The van der Waals surface area contributed by atoms with Crippen LogP contribution >= 0.6 is 22.7 Å². The Bertz CT molecular complexity index is 7490. The van der Waals surface area contributed by atoms with Crippen LogP contribution in [0.2, 0.25) is 0 Å². The number of thiophene rings is 2. The van der Waals surface area contributed by atoms with E-state index in [1.54, 1.807) is 11.3 Å². The number of benzene rings is 18. The van der Waals surface area contributed by atoms with Gasteiger partial charge in [-0.1, -0.05) is 297 Å². The monoisotopic (exact) mass is 1430 g/mol. The molecule has 0 saturated heterocycles. The van der Waals surface area contributed by atoms with E-state index in [0.29, 0.717) is 34.9 Å². The summed E-state index contributed by atoms with van der Waals surface area (Å²) in [5, 5.41) is 19.6. The Morgan fingerprint density at radius 2 is 0.455 bits per heavy atom. The average molecular weight is 1430 g/mol. The Labute approximate surface area is 640 Å². The summed E-state index contributed by atoms with van der Waals surface area (Å²) in [5.41, 5.74) is 16.5. The fraction of sp³-hybridized carbons (Fsp3) is 0. The van der Waals surface area contributed by atoms with Gasteiger partial charge in [0.15, 0.2) is 34.9 Å². The topological polar surface area (TPSA) is 77.3 Å². The molecule has 8 heteroatoms. The Morgan fingerprint density at radius 3 is 0.991 bits per heavy atom. The normalized spacial score (nSPS) is 11.8. The number of aromatic nitrogens is 6. The lowest BCUT2D eigenvalue weighted by Crippen LogP contribution is -2.00. The van der Waals surface area contributed by atoms with Crippen molar-refractivity contribution in [2.45, 2.75) is 0 Å². The minimum absolute atomic E-state index is 0.577. The molecular formula is C102H60N6S2. The van der Waals surface area contributed by atoms with E-state index in [4.69, 9.17) is 29.9 Å². The van der Waals surface area contributed by atoms with Crippen molar-refractivity contribution in [3.8, 4) is 124 Å². The highest BCUT2D eigenvalue weighted by Crippen LogP contribution is 2.49. The van der Waals surface area contributed by atoms with E-state index in [1.807, 2.05) is 41.7 Å². The molecule has 510 valence electrons. The van der Waals surface area contributed by atoms with Gasteiger partial charge in [0, 0.05) is 79.3 Å². The minimum Gasteiger partial charge on any atom is -0.208 e. The van der Waals surface area contributed by atoms with Crippen molar-refractivity contribution in [2.24, 2.45) is 0 Å². The molecule has 0 saturated carbocycles. The van der Waals surface area contributed by atoms with Crippen LogP contribution < -0.4 is 0 Å². The molecule has 22 rings (SSSR count). The predicted molar refractivity (Wildman–Crippen MR) is 464 cm³/mol. The maximum absolute atomic E-state index is 5.58. The van der Waals surface area contributed by atoms with E-state index in [0.717, 1.165) is 92.7 Å². The van der Waals surface area contributed by atoms with Crippen LogP contribution in [0.3, 0.4) is 0 Å². The SMILES string of the molecule is c1ccc(-c2cccc(-c3nc(-c4ccccc4)nc(-c4ccc5c(c4)sc4c(-c6cc7c8ccccc8c8ccccc8c7cc6-c6cc(-c7ccccc7)cc(-c7nc(-c8ccccc8)nc(-c8ccc9c(c8)sc8ccc(-c%10ccc%11c%12ccccc%12c%12ccccc%12c%11c%10)cc89)n7)c6)cccc45)n3)c2)cc1. The summed E-state index contributed by atoms with van der Waals surface area (Å²) in [5.74, 6) is 3.61. The standard InChI is InChI=1S/C102H60N6S2/c1-5-23-61(24-6-1)65-31-21-32-68(51-65)99-103-97(63-27-9-3-10-28-63)104-100(107-99)70-44-48-83-85-41-22-42-86(96(85)110-95(83)58-70)91-60-90-81-40-20-17-36-77(81)76-35-16-19-39-80(76)89(90)59-87(91)72-52-71(62-25-7-2-8-26-62)53-73(54-72)102-106-98(64-29-11-4-12-30-64)105-101(108-102)69-45-49-84-92-56-67(46-50-93(92)109-94(84)57-69)66-43-47-82-78-37-14-13-33-74(78)75-34-15-18-38-79(75)88(82)55-66/h1-60H. The highest BCUT2D eigenvalue weighted by atomic mass is 32.1. The maximum Gasteiger partial charge on any atom is 0.164 e. The molecule has 0 aliphatic carbocycles. The van der Waals surface area contributed by atoms with Gasteiger partial charge in [0.25, 0.3) is 0 Å². The number of nitrogens with zero attached hydrogens (tertiary/aromatic N) is 6. The van der Waals surface area contributed by atoms with Gasteiger partial charge in [-0.25, -0.2) is 29.9 Å². The van der Waals surface area contributed by atoms with Crippen molar-refractivity contribution in [1.82, 2.24) is 29.9 Å². The van der Waals surface area contributed by atoms with Gasteiger partial charge < -0.3 is 0 Å². The third-order valence-corrected chi connectivity index (χ3v) is 24.2. The Morgan fingerprint density at radius 1 is 0.136 bits per heavy atom. The quantitative estimate of drug-likeness (QED) is 0.120. The molecule has 6 nitrogen and oxygen atoms in total. The third-order valence-electron chi connectivity index (χ3n) is 21.9. The molecule has 0 atom stereocenters. The summed E-state index contributed by atoms with van der Waals surface area (Å²) >= 11 is 3.62.